The zero-order valence-electron chi connectivity index (χ0n) is 9.80. The number of hydrogen-bond donors (Lipinski definition) is 1. The van der Waals surface area contributed by atoms with Crippen LogP contribution in [-0.4, -0.2) is 33.2 Å². The SMILES string of the molecule is COCc1c(C(=O)O)nnn1-c1ccc(Cl)cc1Cl. The van der Waals surface area contributed by atoms with Crippen LogP contribution < -0.4 is 0 Å². The van der Waals surface area contributed by atoms with E-state index in [1.165, 1.54) is 17.9 Å². The lowest BCUT2D eigenvalue weighted by atomic mass is 10.3. The summed E-state index contributed by atoms with van der Waals surface area (Å²) in [4.78, 5) is 11.1. The van der Waals surface area contributed by atoms with Crippen LogP contribution in [0.15, 0.2) is 18.2 Å². The lowest BCUT2D eigenvalue weighted by molar-refractivity contribution is 0.0685. The van der Waals surface area contributed by atoms with Crippen molar-refractivity contribution in [1.29, 1.82) is 0 Å². The van der Waals surface area contributed by atoms with Gasteiger partial charge < -0.3 is 9.84 Å². The average Bonchev–Trinajstić information content (AvgIpc) is 2.73. The number of benzene rings is 1. The number of aromatic carboxylic acids is 1. The standard InChI is InChI=1S/C11H9Cl2N3O3/c1-19-5-9-10(11(17)18)14-15-16(9)8-3-2-6(12)4-7(8)13/h2-4H,5H2,1H3,(H,17,18). The van der Waals surface area contributed by atoms with Crippen molar-refractivity contribution >= 4 is 29.2 Å². The molecule has 8 heteroatoms. The topological polar surface area (TPSA) is 77.2 Å². The zero-order valence-corrected chi connectivity index (χ0v) is 11.3. The number of ether oxygens (including phenoxy) is 1. The van der Waals surface area contributed by atoms with Gasteiger partial charge in [0.15, 0.2) is 5.69 Å². The quantitative estimate of drug-likeness (QED) is 0.938. The largest absolute Gasteiger partial charge is 0.476 e. The number of hydrogen-bond acceptors (Lipinski definition) is 4. The van der Waals surface area contributed by atoms with Crippen molar-refractivity contribution in [1.82, 2.24) is 15.0 Å². The van der Waals surface area contributed by atoms with Crippen LogP contribution in [0.1, 0.15) is 16.2 Å². The summed E-state index contributed by atoms with van der Waals surface area (Å²) >= 11 is 11.9. The number of carbonyl (C=O) groups is 1. The van der Waals surface area contributed by atoms with Gasteiger partial charge in [-0.25, -0.2) is 9.48 Å². The molecule has 0 aliphatic carbocycles. The molecule has 6 nitrogen and oxygen atoms in total. The molecule has 2 rings (SSSR count). The fourth-order valence-corrected chi connectivity index (χ4v) is 2.07. The molecule has 0 aliphatic rings. The molecule has 100 valence electrons. The van der Waals surface area contributed by atoms with E-state index in [0.29, 0.717) is 21.4 Å². The Morgan fingerprint density at radius 1 is 1.47 bits per heavy atom. The van der Waals surface area contributed by atoms with Crippen LogP contribution in [0.2, 0.25) is 10.0 Å². The number of carboxylic acid groups (broad SMARTS) is 1. The Hall–Kier alpha value is -1.63. The number of rotatable bonds is 4. The molecular formula is C11H9Cl2N3O3. The van der Waals surface area contributed by atoms with Crippen molar-refractivity contribution in [2.24, 2.45) is 0 Å². The molecule has 0 aliphatic heterocycles. The molecule has 0 saturated carbocycles. The number of halogens is 2. The summed E-state index contributed by atoms with van der Waals surface area (Å²) in [6, 6.07) is 4.79. The van der Waals surface area contributed by atoms with Crippen molar-refractivity contribution < 1.29 is 14.6 Å². The van der Waals surface area contributed by atoms with Gasteiger partial charge in [-0.1, -0.05) is 28.4 Å². The zero-order chi connectivity index (χ0) is 14.0. The summed E-state index contributed by atoms with van der Waals surface area (Å²) in [6.45, 7) is 0.0492. The highest BCUT2D eigenvalue weighted by molar-refractivity contribution is 6.35. The summed E-state index contributed by atoms with van der Waals surface area (Å²) in [5.74, 6) is -1.18. The number of nitrogens with zero attached hydrogens (tertiary/aromatic N) is 3. The van der Waals surface area contributed by atoms with Crippen molar-refractivity contribution in [3.8, 4) is 5.69 Å². The summed E-state index contributed by atoms with van der Waals surface area (Å²) in [6.07, 6.45) is 0. The summed E-state index contributed by atoms with van der Waals surface area (Å²) in [5.41, 5.74) is 0.616. The first-order valence-corrected chi connectivity index (χ1v) is 5.92. The Morgan fingerprint density at radius 3 is 2.79 bits per heavy atom. The molecule has 1 heterocycles. The minimum Gasteiger partial charge on any atom is -0.476 e. The molecule has 1 N–H and O–H groups in total. The molecule has 0 atom stereocenters. The third-order valence-electron chi connectivity index (χ3n) is 2.38. The van der Waals surface area contributed by atoms with Crippen LogP contribution in [0, 0.1) is 0 Å². The van der Waals surface area contributed by atoms with Crippen LogP contribution in [0.25, 0.3) is 5.69 Å². The highest BCUT2D eigenvalue weighted by atomic mass is 35.5. The van der Waals surface area contributed by atoms with Gasteiger partial charge in [0.2, 0.25) is 0 Å². The fourth-order valence-electron chi connectivity index (χ4n) is 1.58. The first-order valence-electron chi connectivity index (χ1n) is 5.17. The summed E-state index contributed by atoms with van der Waals surface area (Å²) in [7, 11) is 1.45. The molecule has 0 saturated heterocycles. The number of methoxy groups -OCH3 is 1. The molecule has 0 spiro atoms. The van der Waals surface area contributed by atoms with Gasteiger partial charge in [0.1, 0.15) is 5.69 Å². The van der Waals surface area contributed by atoms with E-state index in [1.54, 1.807) is 12.1 Å². The van der Waals surface area contributed by atoms with Gasteiger partial charge in [0.25, 0.3) is 0 Å². The van der Waals surface area contributed by atoms with Gasteiger partial charge in [0.05, 0.1) is 17.3 Å². The highest BCUT2D eigenvalue weighted by Gasteiger charge is 2.20. The molecule has 1 aromatic heterocycles. The smallest absolute Gasteiger partial charge is 0.358 e. The predicted octanol–water partition coefficient (Wildman–Crippen LogP) is 2.42. The second-order valence-corrected chi connectivity index (χ2v) is 4.47. The summed E-state index contributed by atoms with van der Waals surface area (Å²) < 4.78 is 6.29. The van der Waals surface area contributed by atoms with Crippen LogP contribution in [0.3, 0.4) is 0 Å². The van der Waals surface area contributed by atoms with Crippen molar-refractivity contribution in [3.05, 3.63) is 39.6 Å². The highest BCUT2D eigenvalue weighted by Crippen LogP contribution is 2.25. The van der Waals surface area contributed by atoms with Gasteiger partial charge in [-0.2, -0.15) is 0 Å². The number of carboxylic acids is 1. The molecule has 0 bridgehead atoms. The van der Waals surface area contributed by atoms with Crippen LogP contribution in [0.5, 0.6) is 0 Å². The van der Waals surface area contributed by atoms with E-state index in [9.17, 15) is 4.79 Å². The van der Waals surface area contributed by atoms with Gasteiger partial charge in [-0.15, -0.1) is 5.10 Å². The van der Waals surface area contributed by atoms with Crippen molar-refractivity contribution in [2.45, 2.75) is 6.61 Å². The normalized spacial score (nSPS) is 10.7. The Kier molecular flexibility index (Phi) is 4.04. The number of aromatic nitrogens is 3. The second-order valence-electron chi connectivity index (χ2n) is 3.63. The van der Waals surface area contributed by atoms with Crippen molar-refractivity contribution in [3.63, 3.8) is 0 Å². The predicted molar refractivity (Wildman–Crippen MR) is 69.1 cm³/mol. The van der Waals surface area contributed by atoms with E-state index in [0.717, 1.165) is 0 Å². The minimum atomic E-state index is -1.18. The third-order valence-corrected chi connectivity index (χ3v) is 2.92. The maximum absolute atomic E-state index is 11.1. The monoisotopic (exact) mass is 301 g/mol. The molecule has 0 amide bonds. The van der Waals surface area contributed by atoms with Crippen LogP contribution in [0.4, 0.5) is 0 Å². The molecule has 1 aromatic carbocycles. The minimum absolute atomic E-state index is 0.0492. The first-order chi connectivity index (χ1) is 9.04. The van der Waals surface area contributed by atoms with E-state index in [4.69, 9.17) is 33.0 Å². The van der Waals surface area contributed by atoms with Crippen molar-refractivity contribution in [2.75, 3.05) is 7.11 Å². The Bertz CT molecular complexity index is 628. The summed E-state index contributed by atoms with van der Waals surface area (Å²) in [5, 5.41) is 17.3. The van der Waals surface area contributed by atoms with Gasteiger partial charge in [-0.05, 0) is 18.2 Å². The Labute approximate surface area is 118 Å². The molecular weight excluding hydrogens is 293 g/mol. The second kappa shape index (κ2) is 5.56. The van der Waals surface area contributed by atoms with Gasteiger partial charge in [-0.3, -0.25) is 0 Å². The van der Waals surface area contributed by atoms with E-state index >= 15 is 0 Å². The molecule has 2 aromatic rings. The van der Waals surface area contributed by atoms with E-state index in [-0.39, 0.29) is 12.3 Å². The van der Waals surface area contributed by atoms with E-state index in [1.807, 2.05) is 0 Å². The van der Waals surface area contributed by atoms with Crippen LogP contribution >= 0.6 is 23.2 Å². The lowest BCUT2D eigenvalue weighted by Gasteiger charge is -2.08. The van der Waals surface area contributed by atoms with Gasteiger partial charge in [0, 0.05) is 12.1 Å². The third kappa shape index (κ3) is 2.70. The average molecular weight is 302 g/mol. The molecule has 19 heavy (non-hydrogen) atoms. The molecule has 0 fully saturated rings. The molecule has 0 unspecified atom stereocenters. The maximum atomic E-state index is 11.1. The Balaban J connectivity index is 2.58. The lowest BCUT2D eigenvalue weighted by Crippen LogP contribution is -2.08. The fraction of sp³-hybridized carbons (Fsp3) is 0.182. The van der Waals surface area contributed by atoms with E-state index < -0.39 is 5.97 Å². The molecule has 0 radical (unpaired) electrons. The Morgan fingerprint density at radius 2 is 2.21 bits per heavy atom. The van der Waals surface area contributed by atoms with Gasteiger partial charge >= 0.3 is 5.97 Å². The van der Waals surface area contributed by atoms with E-state index in [2.05, 4.69) is 10.3 Å². The maximum Gasteiger partial charge on any atom is 0.358 e. The van der Waals surface area contributed by atoms with Crippen LogP contribution in [-0.2, 0) is 11.3 Å². The first kappa shape index (κ1) is 13.8.